The molecule has 2 aromatic rings. The molecule has 2 rings (SSSR count). The summed E-state index contributed by atoms with van der Waals surface area (Å²) in [7, 11) is 1.73. The lowest BCUT2D eigenvalue weighted by atomic mass is 10.2. The molecule has 0 aromatic carbocycles. The van der Waals surface area contributed by atoms with Crippen molar-refractivity contribution in [2.75, 3.05) is 12.0 Å². The van der Waals surface area contributed by atoms with E-state index in [2.05, 4.69) is 50.1 Å². The summed E-state index contributed by atoms with van der Waals surface area (Å²) in [4.78, 5) is 4.97. The van der Waals surface area contributed by atoms with Crippen molar-refractivity contribution < 1.29 is 4.74 Å². The zero-order valence-corrected chi connectivity index (χ0v) is 13.8. The molecule has 2 heterocycles. The first-order valence-electron chi connectivity index (χ1n) is 6.54. The molecule has 0 aliphatic rings. The van der Waals surface area contributed by atoms with Crippen LogP contribution in [0.4, 0.5) is 5.00 Å². The van der Waals surface area contributed by atoms with Gasteiger partial charge in [0.1, 0.15) is 5.75 Å². The van der Waals surface area contributed by atoms with E-state index in [1.807, 2.05) is 17.4 Å². The van der Waals surface area contributed by atoms with Gasteiger partial charge in [0.2, 0.25) is 0 Å². The third-order valence-corrected chi connectivity index (χ3v) is 5.21. The van der Waals surface area contributed by atoms with Gasteiger partial charge < -0.3 is 9.64 Å². The maximum atomic E-state index is 5.41. The lowest BCUT2D eigenvalue weighted by Gasteiger charge is -2.31. The summed E-state index contributed by atoms with van der Waals surface area (Å²) in [6, 6.07) is 7.47. The summed E-state index contributed by atoms with van der Waals surface area (Å²) >= 11 is 3.58. The van der Waals surface area contributed by atoms with Gasteiger partial charge in [-0.2, -0.15) is 0 Å². The Balaban J connectivity index is 2.33. The molecule has 104 valence electrons. The maximum absolute atomic E-state index is 5.41. The minimum atomic E-state index is 0.511. The van der Waals surface area contributed by atoms with Crippen LogP contribution in [0.25, 0.3) is 9.75 Å². The predicted molar refractivity (Wildman–Crippen MR) is 86.9 cm³/mol. The van der Waals surface area contributed by atoms with Crippen molar-refractivity contribution in [1.82, 2.24) is 0 Å². The smallest absolute Gasteiger partial charge is 0.138 e. The fourth-order valence-electron chi connectivity index (χ4n) is 2.33. The van der Waals surface area contributed by atoms with E-state index >= 15 is 0 Å². The highest BCUT2D eigenvalue weighted by Crippen LogP contribution is 2.42. The lowest BCUT2D eigenvalue weighted by Crippen LogP contribution is -2.36. The second-order valence-corrected chi connectivity index (χ2v) is 7.03. The van der Waals surface area contributed by atoms with Crippen molar-refractivity contribution in [3.63, 3.8) is 0 Å². The minimum absolute atomic E-state index is 0.511. The summed E-state index contributed by atoms with van der Waals surface area (Å²) < 4.78 is 5.41. The zero-order chi connectivity index (χ0) is 14.0. The van der Waals surface area contributed by atoms with Crippen LogP contribution in [0.5, 0.6) is 5.75 Å². The summed E-state index contributed by atoms with van der Waals surface area (Å²) in [5.41, 5.74) is 0. The number of anilines is 1. The standard InChI is InChI=1S/C15H21NOS2/c1-10(2)16(11(3)4)14-7-6-13(19-14)15-12(17-5)8-9-18-15/h6-11H,1-5H3. The van der Waals surface area contributed by atoms with Crippen molar-refractivity contribution in [2.24, 2.45) is 0 Å². The van der Waals surface area contributed by atoms with Crippen LogP contribution in [0.2, 0.25) is 0 Å². The van der Waals surface area contributed by atoms with E-state index < -0.39 is 0 Å². The number of hydrogen-bond donors (Lipinski definition) is 0. The fraction of sp³-hybridized carbons (Fsp3) is 0.467. The van der Waals surface area contributed by atoms with Crippen LogP contribution in [-0.4, -0.2) is 19.2 Å². The van der Waals surface area contributed by atoms with Crippen LogP contribution in [0, 0.1) is 0 Å². The minimum Gasteiger partial charge on any atom is -0.495 e. The highest BCUT2D eigenvalue weighted by molar-refractivity contribution is 7.23. The molecule has 0 saturated carbocycles. The molecular weight excluding hydrogens is 274 g/mol. The van der Waals surface area contributed by atoms with Gasteiger partial charge in [-0.25, -0.2) is 0 Å². The Morgan fingerprint density at radius 1 is 1.05 bits per heavy atom. The summed E-state index contributed by atoms with van der Waals surface area (Å²) in [6.07, 6.45) is 0. The molecule has 0 unspecified atom stereocenters. The van der Waals surface area contributed by atoms with Crippen molar-refractivity contribution in [3.8, 4) is 15.5 Å². The van der Waals surface area contributed by atoms with Crippen LogP contribution in [-0.2, 0) is 0 Å². The van der Waals surface area contributed by atoms with Gasteiger partial charge in [-0.3, -0.25) is 0 Å². The van der Waals surface area contributed by atoms with Crippen molar-refractivity contribution in [3.05, 3.63) is 23.6 Å². The van der Waals surface area contributed by atoms with E-state index in [1.54, 1.807) is 18.4 Å². The number of ether oxygens (including phenoxy) is 1. The third kappa shape index (κ3) is 2.95. The van der Waals surface area contributed by atoms with Gasteiger partial charge in [0, 0.05) is 12.1 Å². The normalized spacial score (nSPS) is 11.3. The Morgan fingerprint density at radius 3 is 2.32 bits per heavy atom. The molecule has 19 heavy (non-hydrogen) atoms. The molecule has 0 radical (unpaired) electrons. The molecule has 0 amide bonds. The molecule has 0 aliphatic heterocycles. The topological polar surface area (TPSA) is 12.5 Å². The molecule has 0 N–H and O–H groups in total. The van der Waals surface area contributed by atoms with E-state index in [4.69, 9.17) is 4.74 Å². The Kier molecular flexibility index (Phi) is 4.53. The van der Waals surface area contributed by atoms with Crippen LogP contribution < -0.4 is 9.64 Å². The van der Waals surface area contributed by atoms with Gasteiger partial charge in [0.15, 0.2) is 0 Å². The average molecular weight is 295 g/mol. The Morgan fingerprint density at radius 2 is 1.74 bits per heavy atom. The monoisotopic (exact) mass is 295 g/mol. The van der Waals surface area contributed by atoms with Gasteiger partial charge in [-0.1, -0.05) is 0 Å². The number of hydrogen-bond acceptors (Lipinski definition) is 4. The summed E-state index contributed by atoms with van der Waals surface area (Å²) in [6.45, 7) is 8.96. The van der Waals surface area contributed by atoms with E-state index in [-0.39, 0.29) is 0 Å². The lowest BCUT2D eigenvalue weighted by molar-refractivity contribution is 0.418. The first-order valence-corrected chi connectivity index (χ1v) is 8.24. The first-order chi connectivity index (χ1) is 9.04. The molecule has 2 nitrogen and oxygen atoms in total. The van der Waals surface area contributed by atoms with Crippen molar-refractivity contribution in [1.29, 1.82) is 0 Å². The van der Waals surface area contributed by atoms with Gasteiger partial charge in [-0.15, -0.1) is 22.7 Å². The molecule has 0 atom stereocenters. The molecule has 4 heteroatoms. The Labute approximate surface area is 123 Å². The SMILES string of the molecule is COc1ccsc1-c1ccc(N(C(C)C)C(C)C)s1. The molecule has 0 aliphatic carbocycles. The van der Waals surface area contributed by atoms with Gasteiger partial charge >= 0.3 is 0 Å². The zero-order valence-electron chi connectivity index (χ0n) is 12.1. The van der Waals surface area contributed by atoms with Gasteiger partial charge in [0.25, 0.3) is 0 Å². The van der Waals surface area contributed by atoms with Crippen LogP contribution >= 0.6 is 22.7 Å². The highest BCUT2D eigenvalue weighted by atomic mass is 32.1. The van der Waals surface area contributed by atoms with Crippen LogP contribution in [0.1, 0.15) is 27.7 Å². The van der Waals surface area contributed by atoms with E-state index in [9.17, 15) is 0 Å². The molecule has 0 spiro atoms. The van der Waals surface area contributed by atoms with Crippen LogP contribution in [0.3, 0.4) is 0 Å². The Bertz CT molecular complexity index is 520. The second kappa shape index (κ2) is 5.97. The van der Waals surface area contributed by atoms with Gasteiger partial charge in [-0.05, 0) is 51.3 Å². The summed E-state index contributed by atoms with van der Waals surface area (Å²) in [5.74, 6) is 0.971. The number of nitrogens with zero attached hydrogens (tertiary/aromatic N) is 1. The molecule has 0 bridgehead atoms. The quantitative estimate of drug-likeness (QED) is 0.760. The predicted octanol–water partition coefficient (Wildman–Crippen LogP) is 5.11. The first kappa shape index (κ1) is 14.4. The van der Waals surface area contributed by atoms with E-state index in [0.29, 0.717) is 12.1 Å². The fourth-order valence-corrected chi connectivity index (χ4v) is 4.60. The van der Waals surface area contributed by atoms with Crippen molar-refractivity contribution in [2.45, 2.75) is 39.8 Å². The number of methoxy groups -OCH3 is 1. The second-order valence-electron chi connectivity index (χ2n) is 5.05. The van der Waals surface area contributed by atoms with E-state index in [0.717, 1.165) is 5.75 Å². The molecule has 0 fully saturated rings. The average Bonchev–Trinajstić information content (AvgIpc) is 2.94. The number of thiophene rings is 2. The molecule has 0 saturated heterocycles. The van der Waals surface area contributed by atoms with Crippen LogP contribution in [0.15, 0.2) is 23.6 Å². The maximum Gasteiger partial charge on any atom is 0.138 e. The summed E-state index contributed by atoms with van der Waals surface area (Å²) in [5, 5.41) is 3.41. The van der Waals surface area contributed by atoms with Gasteiger partial charge in [0.05, 0.1) is 21.9 Å². The van der Waals surface area contributed by atoms with E-state index in [1.165, 1.54) is 14.8 Å². The largest absolute Gasteiger partial charge is 0.495 e. The Hall–Kier alpha value is -1.00. The molecular formula is C15H21NOS2. The third-order valence-electron chi connectivity index (χ3n) is 3.03. The number of rotatable bonds is 5. The van der Waals surface area contributed by atoms with Crippen molar-refractivity contribution >= 4 is 27.7 Å². The highest BCUT2D eigenvalue weighted by Gasteiger charge is 2.18. The molecule has 2 aromatic heterocycles.